The number of aromatic nitrogens is 1. The van der Waals surface area contributed by atoms with Crippen LogP contribution in [0, 0.1) is 0 Å². The highest BCUT2D eigenvalue weighted by Crippen LogP contribution is 2.29. The summed E-state index contributed by atoms with van der Waals surface area (Å²) in [7, 11) is 0. The van der Waals surface area contributed by atoms with Gasteiger partial charge in [-0.3, -0.25) is 4.79 Å². The van der Waals surface area contributed by atoms with Gasteiger partial charge in [-0.15, -0.1) is 6.58 Å². The molecule has 1 aromatic rings. The maximum atomic E-state index is 12.0. The van der Waals surface area contributed by atoms with Gasteiger partial charge in [0, 0.05) is 25.7 Å². The number of carbonyl (C=O) groups is 1. The van der Waals surface area contributed by atoms with Crippen LogP contribution in [0.5, 0.6) is 0 Å². The summed E-state index contributed by atoms with van der Waals surface area (Å²) in [5, 5.41) is 3.59. The molecule has 1 amide bonds. The van der Waals surface area contributed by atoms with E-state index in [2.05, 4.69) is 21.8 Å². The third kappa shape index (κ3) is 3.49. The van der Waals surface area contributed by atoms with E-state index < -0.39 is 0 Å². The first-order valence-electron chi connectivity index (χ1n) is 6.77. The lowest BCUT2D eigenvalue weighted by atomic mass is 10.1. The number of carbonyl (C=O) groups excluding carboxylic acids is 1. The van der Waals surface area contributed by atoms with Crippen LogP contribution >= 0.6 is 11.3 Å². The van der Waals surface area contributed by atoms with Gasteiger partial charge in [-0.2, -0.15) is 0 Å². The number of thiazole rings is 1. The zero-order valence-corrected chi connectivity index (χ0v) is 12.3. The van der Waals surface area contributed by atoms with Gasteiger partial charge < -0.3 is 21.7 Å². The zero-order chi connectivity index (χ0) is 14.5. The fourth-order valence-electron chi connectivity index (χ4n) is 2.17. The van der Waals surface area contributed by atoms with Crippen molar-refractivity contribution in [2.75, 3.05) is 30.3 Å². The minimum Gasteiger partial charge on any atom is -0.382 e. The number of nitrogens with one attached hydrogen (secondary N) is 1. The summed E-state index contributed by atoms with van der Waals surface area (Å²) in [6.07, 6.45) is 4.57. The first-order valence-corrected chi connectivity index (χ1v) is 7.59. The molecule has 1 unspecified atom stereocenters. The highest BCUT2D eigenvalue weighted by Gasteiger charge is 2.23. The maximum Gasteiger partial charge on any atom is 0.265 e. The minimum absolute atomic E-state index is 0.166. The average Bonchev–Trinajstić information content (AvgIpc) is 2.81. The van der Waals surface area contributed by atoms with Crippen LogP contribution in [0.2, 0.25) is 0 Å². The van der Waals surface area contributed by atoms with Crippen molar-refractivity contribution in [2.45, 2.75) is 25.3 Å². The molecule has 1 saturated heterocycles. The predicted octanol–water partition coefficient (Wildman–Crippen LogP) is 0.959. The number of piperidine rings is 1. The lowest BCUT2D eigenvalue weighted by molar-refractivity contribution is 0.0959. The third-order valence-electron chi connectivity index (χ3n) is 3.21. The Morgan fingerprint density at radius 1 is 1.65 bits per heavy atom. The number of nitrogen functional groups attached to an aromatic ring is 1. The van der Waals surface area contributed by atoms with Crippen molar-refractivity contribution in [3.63, 3.8) is 0 Å². The first kappa shape index (κ1) is 14.8. The van der Waals surface area contributed by atoms with Crippen LogP contribution in [0.15, 0.2) is 12.7 Å². The van der Waals surface area contributed by atoms with E-state index in [0.29, 0.717) is 17.2 Å². The Labute approximate surface area is 122 Å². The van der Waals surface area contributed by atoms with E-state index in [4.69, 9.17) is 11.5 Å². The van der Waals surface area contributed by atoms with E-state index in [-0.39, 0.29) is 11.9 Å². The second-order valence-corrected chi connectivity index (χ2v) is 5.87. The second-order valence-electron chi connectivity index (χ2n) is 4.89. The molecule has 0 radical (unpaired) electrons. The Hall–Kier alpha value is -1.60. The van der Waals surface area contributed by atoms with Gasteiger partial charge in [0.05, 0.1) is 0 Å². The summed E-state index contributed by atoms with van der Waals surface area (Å²) in [4.78, 5) is 18.9. The van der Waals surface area contributed by atoms with Gasteiger partial charge in [0.15, 0.2) is 5.13 Å². The molecule has 1 aliphatic heterocycles. The van der Waals surface area contributed by atoms with E-state index in [1.807, 2.05) is 0 Å². The normalized spacial score (nSPS) is 18.9. The van der Waals surface area contributed by atoms with E-state index >= 15 is 0 Å². The molecule has 6 nitrogen and oxygen atoms in total. The minimum atomic E-state index is -0.172. The summed E-state index contributed by atoms with van der Waals surface area (Å²) in [5.41, 5.74) is 11.8. The predicted molar refractivity (Wildman–Crippen MR) is 83.1 cm³/mol. The van der Waals surface area contributed by atoms with E-state index in [1.54, 1.807) is 6.08 Å². The molecule has 20 heavy (non-hydrogen) atoms. The molecule has 0 aromatic carbocycles. The second kappa shape index (κ2) is 6.71. The van der Waals surface area contributed by atoms with Gasteiger partial charge in [-0.05, 0) is 19.3 Å². The van der Waals surface area contributed by atoms with Crippen molar-refractivity contribution in [3.05, 3.63) is 17.5 Å². The van der Waals surface area contributed by atoms with Crippen LogP contribution in [0.4, 0.5) is 10.9 Å². The van der Waals surface area contributed by atoms with Crippen molar-refractivity contribution in [2.24, 2.45) is 5.73 Å². The van der Waals surface area contributed by atoms with E-state index in [1.165, 1.54) is 11.3 Å². The van der Waals surface area contributed by atoms with Gasteiger partial charge in [0.25, 0.3) is 5.91 Å². The van der Waals surface area contributed by atoms with Crippen molar-refractivity contribution in [1.29, 1.82) is 0 Å². The fourth-order valence-corrected chi connectivity index (χ4v) is 3.11. The lowest BCUT2D eigenvalue weighted by Crippen LogP contribution is -2.42. The smallest absolute Gasteiger partial charge is 0.265 e. The molecule has 0 aliphatic carbocycles. The molecule has 7 heteroatoms. The molecular formula is C13H21N5OS. The van der Waals surface area contributed by atoms with Crippen LogP contribution in [0.25, 0.3) is 0 Å². The maximum absolute atomic E-state index is 12.0. The number of hydrogen-bond donors (Lipinski definition) is 3. The van der Waals surface area contributed by atoms with Crippen molar-refractivity contribution < 1.29 is 4.79 Å². The van der Waals surface area contributed by atoms with Gasteiger partial charge in [0.1, 0.15) is 10.7 Å². The molecule has 1 fully saturated rings. The summed E-state index contributed by atoms with van der Waals surface area (Å²) in [6.45, 7) is 5.86. The molecule has 2 heterocycles. The molecule has 0 bridgehead atoms. The number of rotatable bonds is 5. The highest BCUT2D eigenvalue weighted by molar-refractivity contribution is 7.18. The Morgan fingerprint density at radius 2 is 2.45 bits per heavy atom. The Balaban J connectivity index is 2.04. The number of nitrogens with zero attached hydrogens (tertiary/aromatic N) is 2. The van der Waals surface area contributed by atoms with Gasteiger partial charge >= 0.3 is 0 Å². The summed E-state index contributed by atoms with van der Waals surface area (Å²) in [6, 6.07) is 0.166. The summed E-state index contributed by atoms with van der Waals surface area (Å²) >= 11 is 1.33. The summed E-state index contributed by atoms with van der Waals surface area (Å²) in [5.74, 6) is 0.120. The van der Waals surface area contributed by atoms with Crippen LogP contribution in [0.3, 0.4) is 0 Å². The molecule has 110 valence electrons. The number of amides is 1. The Kier molecular flexibility index (Phi) is 4.97. The molecule has 2 rings (SSSR count). The lowest BCUT2D eigenvalue weighted by Gasteiger charge is -2.30. The molecule has 0 spiro atoms. The largest absolute Gasteiger partial charge is 0.382 e. The topological polar surface area (TPSA) is 97.3 Å². The zero-order valence-electron chi connectivity index (χ0n) is 11.5. The van der Waals surface area contributed by atoms with Crippen molar-refractivity contribution in [3.8, 4) is 0 Å². The monoisotopic (exact) mass is 295 g/mol. The van der Waals surface area contributed by atoms with Crippen molar-refractivity contribution >= 4 is 28.2 Å². The van der Waals surface area contributed by atoms with Gasteiger partial charge in [0.2, 0.25) is 0 Å². The first-order chi connectivity index (χ1) is 9.61. The molecule has 0 saturated carbocycles. The highest BCUT2D eigenvalue weighted by atomic mass is 32.1. The molecule has 1 atom stereocenters. The third-order valence-corrected chi connectivity index (χ3v) is 4.34. The van der Waals surface area contributed by atoms with E-state index in [0.717, 1.165) is 37.5 Å². The molecule has 1 aliphatic rings. The van der Waals surface area contributed by atoms with Crippen LogP contribution in [-0.2, 0) is 0 Å². The average molecular weight is 295 g/mol. The van der Waals surface area contributed by atoms with Crippen LogP contribution < -0.4 is 21.7 Å². The molecular weight excluding hydrogens is 274 g/mol. The van der Waals surface area contributed by atoms with Crippen LogP contribution in [0.1, 0.15) is 28.9 Å². The standard InChI is InChI=1S/C13H21N5OS/c1-2-3-6-16-12(19)10-11(15)17-13(20-10)18-7-4-5-9(14)8-18/h2,9H,1,3-8,14-15H2,(H,16,19). The summed E-state index contributed by atoms with van der Waals surface area (Å²) < 4.78 is 0. The fraction of sp³-hybridized carbons (Fsp3) is 0.538. The Morgan fingerprint density at radius 3 is 3.15 bits per heavy atom. The Bertz CT molecular complexity index is 487. The quantitative estimate of drug-likeness (QED) is 0.555. The van der Waals surface area contributed by atoms with Gasteiger partial charge in [-0.1, -0.05) is 17.4 Å². The SMILES string of the molecule is C=CCCNC(=O)c1sc(N2CCCC(N)C2)nc1N. The van der Waals surface area contributed by atoms with E-state index in [9.17, 15) is 4.79 Å². The van der Waals surface area contributed by atoms with Crippen LogP contribution in [-0.4, -0.2) is 36.6 Å². The van der Waals surface area contributed by atoms with Crippen molar-refractivity contribution in [1.82, 2.24) is 10.3 Å². The van der Waals surface area contributed by atoms with Gasteiger partial charge in [-0.25, -0.2) is 4.98 Å². The molecule has 1 aromatic heterocycles. The number of hydrogen-bond acceptors (Lipinski definition) is 6. The molecule has 5 N–H and O–H groups in total. The number of nitrogens with two attached hydrogens (primary N) is 2. The number of anilines is 2.